The van der Waals surface area contributed by atoms with Gasteiger partial charge < -0.3 is 15.0 Å². The van der Waals surface area contributed by atoms with Gasteiger partial charge in [0, 0.05) is 5.69 Å². The maximum Gasteiger partial charge on any atom is 0.387 e. The molecule has 1 fully saturated rings. The summed E-state index contributed by atoms with van der Waals surface area (Å²) < 4.78 is 28.5. The molecule has 2 N–H and O–H groups in total. The zero-order valence-corrected chi connectivity index (χ0v) is 13.5. The second-order valence-electron chi connectivity index (χ2n) is 5.97. The molecule has 0 heterocycles. The summed E-state index contributed by atoms with van der Waals surface area (Å²) >= 11 is 0. The SMILES string of the molecule is CC[NH+](CC(=O)Nc1ccc(OC(F)F)cc1)C1CCCCC1. The van der Waals surface area contributed by atoms with Gasteiger partial charge in [-0.3, -0.25) is 4.79 Å². The van der Waals surface area contributed by atoms with E-state index in [4.69, 9.17) is 0 Å². The number of alkyl halides is 2. The summed E-state index contributed by atoms with van der Waals surface area (Å²) in [6, 6.07) is 6.56. The quantitative estimate of drug-likeness (QED) is 0.808. The van der Waals surface area contributed by atoms with E-state index in [1.165, 1.54) is 49.1 Å². The van der Waals surface area contributed by atoms with Crippen LogP contribution in [0.3, 0.4) is 0 Å². The first-order chi connectivity index (χ1) is 11.1. The molecule has 1 aromatic rings. The number of ether oxygens (including phenoxy) is 1. The molecule has 23 heavy (non-hydrogen) atoms. The lowest BCUT2D eigenvalue weighted by molar-refractivity contribution is -0.917. The van der Waals surface area contributed by atoms with Crippen molar-refractivity contribution >= 4 is 11.6 Å². The fourth-order valence-electron chi connectivity index (χ4n) is 3.20. The molecular formula is C17H25F2N2O2+. The Morgan fingerprint density at radius 3 is 2.48 bits per heavy atom. The van der Waals surface area contributed by atoms with Gasteiger partial charge in [0.25, 0.3) is 5.91 Å². The standard InChI is InChI=1S/C17H24F2N2O2/c1-2-21(14-6-4-3-5-7-14)12-16(22)20-13-8-10-15(11-9-13)23-17(18)19/h8-11,14,17H,2-7,12H2,1H3,(H,20,22)/p+1. The fourth-order valence-corrected chi connectivity index (χ4v) is 3.20. The van der Waals surface area contributed by atoms with E-state index < -0.39 is 6.61 Å². The molecule has 0 bridgehead atoms. The van der Waals surface area contributed by atoms with Crippen LogP contribution in [0.2, 0.25) is 0 Å². The third kappa shape index (κ3) is 5.78. The highest BCUT2D eigenvalue weighted by Crippen LogP contribution is 2.18. The number of halogens is 2. The molecule has 1 amide bonds. The average Bonchev–Trinajstić information content (AvgIpc) is 2.55. The second kappa shape index (κ2) is 8.82. The molecule has 0 aromatic heterocycles. The third-order valence-corrected chi connectivity index (χ3v) is 4.39. The Balaban J connectivity index is 1.85. The third-order valence-electron chi connectivity index (χ3n) is 4.39. The topological polar surface area (TPSA) is 42.8 Å². The summed E-state index contributed by atoms with van der Waals surface area (Å²) in [7, 11) is 0. The van der Waals surface area contributed by atoms with Gasteiger partial charge in [0.2, 0.25) is 0 Å². The number of benzene rings is 1. The van der Waals surface area contributed by atoms with E-state index >= 15 is 0 Å². The van der Waals surface area contributed by atoms with Crippen molar-refractivity contribution in [3.63, 3.8) is 0 Å². The highest BCUT2D eigenvalue weighted by atomic mass is 19.3. The summed E-state index contributed by atoms with van der Waals surface area (Å²) in [6.45, 7) is 0.635. The molecule has 1 aromatic carbocycles. The van der Waals surface area contributed by atoms with Crippen LogP contribution in [0.15, 0.2) is 24.3 Å². The van der Waals surface area contributed by atoms with Gasteiger partial charge in [0.1, 0.15) is 5.75 Å². The van der Waals surface area contributed by atoms with Gasteiger partial charge in [-0.2, -0.15) is 8.78 Å². The van der Waals surface area contributed by atoms with Crippen LogP contribution in [0, 0.1) is 0 Å². The first-order valence-electron chi connectivity index (χ1n) is 8.27. The van der Waals surface area contributed by atoms with Crippen molar-refractivity contribution in [3.05, 3.63) is 24.3 Å². The molecule has 1 saturated carbocycles. The number of likely N-dealkylation sites (N-methyl/N-ethyl adjacent to an activating group) is 1. The molecule has 2 rings (SSSR count). The first kappa shape index (κ1) is 17.7. The fraction of sp³-hybridized carbons (Fsp3) is 0.588. The van der Waals surface area contributed by atoms with E-state index in [0.29, 0.717) is 18.3 Å². The minimum Gasteiger partial charge on any atom is -0.435 e. The van der Waals surface area contributed by atoms with Crippen molar-refractivity contribution in [2.45, 2.75) is 51.7 Å². The number of hydrogen-bond acceptors (Lipinski definition) is 2. The van der Waals surface area contributed by atoms with Crippen LogP contribution in [-0.2, 0) is 4.79 Å². The molecule has 0 aliphatic heterocycles. The van der Waals surface area contributed by atoms with Gasteiger partial charge in [0.15, 0.2) is 6.54 Å². The van der Waals surface area contributed by atoms with E-state index in [1.807, 2.05) is 0 Å². The molecular weight excluding hydrogens is 302 g/mol. The van der Waals surface area contributed by atoms with Crippen LogP contribution in [0.5, 0.6) is 5.75 Å². The maximum atomic E-state index is 12.2. The van der Waals surface area contributed by atoms with Crippen molar-refractivity contribution in [2.24, 2.45) is 0 Å². The normalized spacial score (nSPS) is 17.0. The van der Waals surface area contributed by atoms with Crippen LogP contribution < -0.4 is 15.0 Å². The molecule has 1 aliphatic rings. The number of anilines is 1. The van der Waals surface area contributed by atoms with E-state index in [1.54, 1.807) is 12.1 Å². The summed E-state index contributed by atoms with van der Waals surface area (Å²) in [4.78, 5) is 13.5. The van der Waals surface area contributed by atoms with Crippen LogP contribution >= 0.6 is 0 Å². The Morgan fingerprint density at radius 1 is 1.26 bits per heavy atom. The first-order valence-corrected chi connectivity index (χ1v) is 8.27. The summed E-state index contributed by atoms with van der Waals surface area (Å²) in [5.41, 5.74) is 0.593. The second-order valence-corrected chi connectivity index (χ2v) is 5.97. The number of rotatable bonds is 7. The number of amides is 1. The smallest absolute Gasteiger partial charge is 0.387 e. The molecule has 1 aliphatic carbocycles. The van der Waals surface area contributed by atoms with Crippen molar-refractivity contribution in [3.8, 4) is 5.75 Å². The molecule has 0 saturated heterocycles. The number of carbonyl (C=O) groups excluding carboxylic acids is 1. The van der Waals surface area contributed by atoms with Gasteiger partial charge in [-0.1, -0.05) is 6.42 Å². The minimum atomic E-state index is -2.84. The summed E-state index contributed by atoms with van der Waals surface area (Å²) in [5.74, 6) is 0.0379. The Morgan fingerprint density at radius 2 is 1.91 bits per heavy atom. The van der Waals surface area contributed by atoms with E-state index in [-0.39, 0.29) is 11.7 Å². The molecule has 128 valence electrons. The predicted octanol–water partition coefficient (Wildman–Crippen LogP) is 2.46. The minimum absolute atomic E-state index is 0.0463. The zero-order valence-electron chi connectivity index (χ0n) is 13.5. The van der Waals surface area contributed by atoms with Crippen LogP contribution in [0.25, 0.3) is 0 Å². The summed E-state index contributed by atoms with van der Waals surface area (Å²) in [5, 5.41) is 2.82. The monoisotopic (exact) mass is 327 g/mol. The van der Waals surface area contributed by atoms with Gasteiger partial charge in [-0.05, 0) is 56.9 Å². The van der Waals surface area contributed by atoms with Crippen molar-refractivity contribution < 1.29 is 23.2 Å². The zero-order chi connectivity index (χ0) is 16.7. The van der Waals surface area contributed by atoms with E-state index in [2.05, 4.69) is 17.0 Å². The van der Waals surface area contributed by atoms with E-state index in [0.717, 1.165) is 6.54 Å². The number of hydrogen-bond donors (Lipinski definition) is 2. The van der Waals surface area contributed by atoms with Gasteiger partial charge in [0.05, 0.1) is 12.6 Å². The maximum absolute atomic E-state index is 12.2. The molecule has 1 unspecified atom stereocenters. The predicted molar refractivity (Wildman–Crippen MR) is 84.9 cm³/mol. The van der Waals surface area contributed by atoms with Crippen LogP contribution in [-0.4, -0.2) is 31.7 Å². The molecule has 6 heteroatoms. The molecule has 0 spiro atoms. The Labute approximate surface area is 135 Å². The lowest BCUT2D eigenvalue weighted by Gasteiger charge is -2.30. The van der Waals surface area contributed by atoms with Crippen LogP contribution in [0.1, 0.15) is 39.0 Å². The molecule has 0 radical (unpaired) electrons. The van der Waals surface area contributed by atoms with Gasteiger partial charge in [-0.25, -0.2) is 0 Å². The average molecular weight is 327 g/mol. The lowest BCUT2D eigenvalue weighted by Crippen LogP contribution is -3.16. The van der Waals surface area contributed by atoms with Crippen molar-refractivity contribution in [1.82, 2.24) is 0 Å². The highest BCUT2D eigenvalue weighted by Gasteiger charge is 2.25. The molecule has 1 atom stereocenters. The van der Waals surface area contributed by atoms with Gasteiger partial charge in [-0.15, -0.1) is 0 Å². The Bertz CT molecular complexity index is 488. The highest BCUT2D eigenvalue weighted by molar-refractivity contribution is 5.91. The van der Waals surface area contributed by atoms with Crippen LogP contribution in [0.4, 0.5) is 14.5 Å². The number of quaternary nitrogens is 1. The summed E-state index contributed by atoms with van der Waals surface area (Å²) in [6.07, 6.45) is 6.18. The largest absolute Gasteiger partial charge is 0.435 e. The lowest BCUT2D eigenvalue weighted by atomic mass is 9.94. The van der Waals surface area contributed by atoms with Gasteiger partial charge >= 0.3 is 6.61 Å². The van der Waals surface area contributed by atoms with E-state index in [9.17, 15) is 13.6 Å². The number of carbonyl (C=O) groups is 1. The van der Waals surface area contributed by atoms with Crippen molar-refractivity contribution in [2.75, 3.05) is 18.4 Å². The number of nitrogens with one attached hydrogen (secondary N) is 2. The Kier molecular flexibility index (Phi) is 6.77. The Hall–Kier alpha value is -1.69. The van der Waals surface area contributed by atoms with Crippen molar-refractivity contribution in [1.29, 1.82) is 0 Å². The molecule has 4 nitrogen and oxygen atoms in total.